The third-order valence-corrected chi connectivity index (χ3v) is 1.89. The molecule has 0 radical (unpaired) electrons. The molecule has 0 atom stereocenters. The molecule has 1 aromatic rings. The number of H-pyrrole nitrogens is 1. The van der Waals surface area contributed by atoms with Crippen LogP contribution in [0.25, 0.3) is 0 Å². The molecule has 0 aromatic carbocycles. The number of aromatic amines is 1. The quantitative estimate of drug-likeness (QED) is 0.655. The molecule has 0 aliphatic carbocycles. The van der Waals surface area contributed by atoms with Crippen LogP contribution in [0, 0.1) is 6.92 Å². The van der Waals surface area contributed by atoms with Crippen LogP contribution in [0.15, 0.2) is 12.4 Å². The van der Waals surface area contributed by atoms with Crippen LogP contribution in [-0.4, -0.2) is 22.0 Å². The molecule has 0 aliphatic rings. The third kappa shape index (κ3) is 7.54. The van der Waals surface area contributed by atoms with E-state index in [1.165, 1.54) is 5.82 Å². The van der Waals surface area contributed by atoms with Crippen LogP contribution in [0.2, 0.25) is 0 Å². The minimum atomic E-state index is -1.20. The van der Waals surface area contributed by atoms with Crippen molar-refractivity contribution in [2.75, 3.05) is 0 Å². The molecule has 0 saturated carbocycles. The lowest BCUT2D eigenvalue weighted by atomic mass is 10.2. The SMILES string of the molecule is Cc1[nH]cc[n+]1C.O=C([O-])CCCC(=O)O. The van der Waals surface area contributed by atoms with E-state index < -0.39 is 11.9 Å². The van der Waals surface area contributed by atoms with E-state index in [4.69, 9.17) is 5.11 Å². The Morgan fingerprint density at radius 3 is 2.38 bits per heavy atom. The third-order valence-electron chi connectivity index (χ3n) is 1.89. The lowest BCUT2D eigenvalue weighted by Gasteiger charge is -1.96. The first kappa shape index (κ1) is 14.2. The van der Waals surface area contributed by atoms with Gasteiger partial charge in [0.25, 0.3) is 5.82 Å². The highest BCUT2D eigenvalue weighted by atomic mass is 16.4. The van der Waals surface area contributed by atoms with Gasteiger partial charge in [0.2, 0.25) is 0 Å². The topological polar surface area (TPSA) is 97.1 Å². The number of hydrogen-bond donors (Lipinski definition) is 2. The number of carboxylic acid groups (broad SMARTS) is 2. The number of rotatable bonds is 4. The Labute approximate surface area is 93.5 Å². The number of aryl methyl sites for hydroxylation is 2. The molecule has 90 valence electrons. The first-order valence-corrected chi connectivity index (χ1v) is 4.84. The first-order valence-electron chi connectivity index (χ1n) is 4.84. The van der Waals surface area contributed by atoms with Crippen molar-refractivity contribution < 1.29 is 24.4 Å². The fraction of sp³-hybridized carbons (Fsp3) is 0.500. The maximum atomic E-state index is 9.77. The van der Waals surface area contributed by atoms with Crippen LogP contribution in [0.1, 0.15) is 25.1 Å². The van der Waals surface area contributed by atoms with E-state index in [2.05, 4.69) is 4.98 Å². The highest BCUT2D eigenvalue weighted by Gasteiger charge is 1.95. The van der Waals surface area contributed by atoms with E-state index in [-0.39, 0.29) is 19.3 Å². The van der Waals surface area contributed by atoms with Crippen LogP contribution in [0.5, 0.6) is 0 Å². The van der Waals surface area contributed by atoms with Crippen molar-refractivity contribution in [3.8, 4) is 0 Å². The number of carbonyl (C=O) groups is 2. The summed E-state index contributed by atoms with van der Waals surface area (Å²) in [6, 6.07) is 0. The monoisotopic (exact) mass is 228 g/mol. The lowest BCUT2D eigenvalue weighted by molar-refractivity contribution is -0.676. The lowest BCUT2D eigenvalue weighted by Crippen LogP contribution is -2.27. The Morgan fingerprint density at radius 1 is 1.50 bits per heavy atom. The Balaban J connectivity index is 0.000000288. The van der Waals surface area contributed by atoms with E-state index in [0.29, 0.717) is 0 Å². The standard InChI is InChI=1S/C5H8N2.C5H8O4/c1-5-6-3-4-7(5)2;6-4(7)2-1-3-5(8)9/h3-4H,1-2H3;1-3H2,(H,6,7)(H,8,9). The number of aromatic nitrogens is 2. The Hall–Kier alpha value is -1.85. The molecule has 2 N–H and O–H groups in total. The van der Waals surface area contributed by atoms with Crippen LogP contribution >= 0.6 is 0 Å². The van der Waals surface area contributed by atoms with Gasteiger partial charge in [-0.25, -0.2) is 9.55 Å². The summed E-state index contributed by atoms with van der Waals surface area (Å²) in [5.74, 6) is -0.993. The fourth-order valence-corrected chi connectivity index (χ4v) is 0.867. The van der Waals surface area contributed by atoms with Crippen molar-refractivity contribution in [3.05, 3.63) is 18.2 Å². The molecule has 0 spiro atoms. The Bertz CT molecular complexity index is 316. The molecule has 6 nitrogen and oxygen atoms in total. The zero-order valence-electron chi connectivity index (χ0n) is 9.40. The van der Waals surface area contributed by atoms with Crippen molar-refractivity contribution in [1.29, 1.82) is 0 Å². The fourth-order valence-electron chi connectivity index (χ4n) is 0.867. The summed E-state index contributed by atoms with van der Waals surface area (Å²) in [4.78, 5) is 22.5. The average Bonchev–Trinajstić information content (AvgIpc) is 2.51. The molecule has 6 heteroatoms. The number of hydrogen-bond acceptors (Lipinski definition) is 3. The van der Waals surface area contributed by atoms with Gasteiger partial charge in [-0.15, -0.1) is 0 Å². The van der Waals surface area contributed by atoms with Gasteiger partial charge in [-0.3, -0.25) is 4.79 Å². The van der Waals surface area contributed by atoms with Crippen molar-refractivity contribution in [1.82, 2.24) is 4.98 Å². The molecule has 0 aliphatic heterocycles. The molecule has 0 amide bonds. The summed E-state index contributed by atoms with van der Waals surface area (Å²) in [6.45, 7) is 2.03. The molecular formula is C10H16N2O4. The molecule has 16 heavy (non-hydrogen) atoms. The number of aliphatic carboxylic acids is 2. The maximum absolute atomic E-state index is 9.77. The normalized spacial score (nSPS) is 9.12. The van der Waals surface area contributed by atoms with Gasteiger partial charge < -0.3 is 15.0 Å². The molecule has 0 bridgehead atoms. The molecule has 0 fully saturated rings. The van der Waals surface area contributed by atoms with E-state index >= 15 is 0 Å². The van der Waals surface area contributed by atoms with Gasteiger partial charge >= 0.3 is 5.97 Å². The van der Waals surface area contributed by atoms with Crippen LogP contribution < -0.4 is 9.67 Å². The zero-order chi connectivity index (χ0) is 12.6. The van der Waals surface area contributed by atoms with Gasteiger partial charge in [0.15, 0.2) is 0 Å². The number of carboxylic acids is 2. The zero-order valence-corrected chi connectivity index (χ0v) is 9.40. The van der Waals surface area contributed by atoms with E-state index in [0.717, 1.165) is 0 Å². The minimum absolute atomic E-state index is 0.103. The second-order valence-electron chi connectivity index (χ2n) is 3.28. The van der Waals surface area contributed by atoms with Crippen LogP contribution in [0.4, 0.5) is 0 Å². The van der Waals surface area contributed by atoms with Gasteiger partial charge in [-0.1, -0.05) is 0 Å². The van der Waals surface area contributed by atoms with Gasteiger partial charge in [0.1, 0.15) is 12.4 Å². The molecule has 1 aromatic heterocycles. The van der Waals surface area contributed by atoms with E-state index in [1.807, 2.05) is 30.9 Å². The maximum Gasteiger partial charge on any atom is 0.303 e. The predicted octanol–water partition coefficient (Wildman–Crippen LogP) is -0.861. The average molecular weight is 228 g/mol. The van der Waals surface area contributed by atoms with E-state index in [9.17, 15) is 14.7 Å². The summed E-state index contributed by atoms with van der Waals surface area (Å²) in [5, 5.41) is 17.7. The van der Waals surface area contributed by atoms with Gasteiger partial charge in [0, 0.05) is 19.3 Å². The number of imidazole rings is 1. The van der Waals surface area contributed by atoms with Crippen molar-refractivity contribution >= 4 is 11.9 Å². The van der Waals surface area contributed by atoms with Crippen molar-refractivity contribution in [2.45, 2.75) is 26.2 Å². The highest BCUT2D eigenvalue weighted by Crippen LogP contribution is 1.92. The first-order chi connectivity index (χ1) is 7.43. The summed E-state index contributed by atoms with van der Waals surface area (Å²) in [7, 11) is 2.01. The molecule has 0 unspecified atom stereocenters. The highest BCUT2D eigenvalue weighted by molar-refractivity contribution is 5.68. The summed E-state index contributed by atoms with van der Waals surface area (Å²) in [6.07, 6.45) is 3.77. The summed E-state index contributed by atoms with van der Waals surface area (Å²) >= 11 is 0. The Morgan fingerprint density at radius 2 is 2.12 bits per heavy atom. The molecule has 1 rings (SSSR count). The van der Waals surface area contributed by atoms with E-state index in [1.54, 1.807) is 0 Å². The minimum Gasteiger partial charge on any atom is -0.550 e. The van der Waals surface area contributed by atoms with Crippen molar-refractivity contribution in [2.24, 2.45) is 7.05 Å². The second kappa shape index (κ2) is 7.44. The number of carbonyl (C=O) groups excluding carboxylic acids is 1. The second-order valence-corrected chi connectivity index (χ2v) is 3.28. The summed E-state index contributed by atoms with van der Waals surface area (Å²) < 4.78 is 2.03. The predicted molar refractivity (Wildman–Crippen MR) is 53.2 cm³/mol. The van der Waals surface area contributed by atoms with Gasteiger partial charge in [-0.05, 0) is 12.8 Å². The van der Waals surface area contributed by atoms with Crippen LogP contribution in [0.3, 0.4) is 0 Å². The molecular weight excluding hydrogens is 212 g/mol. The van der Waals surface area contributed by atoms with Gasteiger partial charge in [-0.2, -0.15) is 0 Å². The molecule has 0 saturated heterocycles. The number of nitrogens with zero attached hydrogens (tertiary/aromatic N) is 1. The largest absolute Gasteiger partial charge is 0.550 e. The smallest absolute Gasteiger partial charge is 0.303 e. The molecule has 1 heterocycles. The van der Waals surface area contributed by atoms with Crippen LogP contribution in [-0.2, 0) is 16.6 Å². The Kier molecular flexibility index (Phi) is 6.58. The van der Waals surface area contributed by atoms with Crippen molar-refractivity contribution in [3.63, 3.8) is 0 Å². The number of nitrogens with one attached hydrogen (secondary N) is 1. The summed E-state index contributed by atoms with van der Waals surface area (Å²) in [5.41, 5.74) is 0. The van der Waals surface area contributed by atoms with Gasteiger partial charge in [0.05, 0.1) is 7.05 Å².